The molecule has 1 aromatic rings. The Hall–Kier alpha value is -0.700. The molecular formula is C11H16N2S. The van der Waals surface area contributed by atoms with Crippen LogP contribution in [0.25, 0.3) is 0 Å². The number of H-pyrrole nitrogens is 1. The molecule has 0 amide bonds. The first-order valence-corrected chi connectivity index (χ1v) is 6.17. The van der Waals surface area contributed by atoms with Gasteiger partial charge in [-0.3, -0.25) is 0 Å². The zero-order valence-corrected chi connectivity index (χ0v) is 9.47. The maximum Gasteiger partial charge on any atom is 0.0921 e. The van der Waals surface area contributed by atoms with E-state index in [4.69, 9.17) is 0 Å². The van der Waals surface area contributed by atoms with Gasteiger partial charge in [-0.2, -0.15) is 0 Å². The van der Waals surface area contributed by atoms with Gasteiger partial charge in [-0.1, -0.05) is 19.4 Å². The number of aromatic amines is 1. The molecule has 2 nitrogen and oxygen atoms in total. The summed E-state index contributed by atoms with van der Waals surface area (Å²) in [5, 5.41) is 2.33. The molecule has 14 heavy (non-hydrogen) atoms. The van der Waals surface area contributed by atoms with Gasteiger partial charge >= 0.3 is 0 Å². The highest BCUT2D eigenvalue weighted by Crippen LogP contribution is 2.38. The van der Waals surface area contributed by atoms with E-state index in [1.807, 2.05) is 18.0 Å². The normalized spacial score (nSPS) is 23.6. The molecule has 1 aromatic heterocycles. The Morgan fingerprint density at radius 3 is 3.07 bits per heavy atom. The number of thioether (sulfide) groups is 1. The molecule has 0 spiro atoms. The van der Waals surface area contributed by atoms with Gasteiger partial charge in [0.2, 0.25) is 0 Å². The molecule has 2 atom stereocenters. The second kappa shape index (κ2) is 4.22. The first kappa shape index (κ1) is 9.84. The van der Waals surface area contributed by atoms with Crippen molar-refractivity contribution < 1.29 is 0 Å². The predicted octanol–water partition coefficient (Wildman–Crippen LogP) is 3.17. The molecule has 2 heterocycles. The van der Waals surface area contributed by atoms with Crippen LogP contribution in [0.2, 0.25) is 0 Å². The summed E-state index contributed by atoms with van der Waals surface area (Å²) in [6.07, 6.45) is 4.87. The van der Waals surface area contributed by atoms with Gasteiger partial charge in [0.1, 0.15) is 0 Å². The van der Waals surface area contributed by atoms with Crippen LogP contribution in [0.1, 0.15) is 31.9 Å². The van der Waals surface area contributed by atoms with E-state index in [0.29, 0.717) is 11.8 Å². The number of imidazole rings is 1. The van der Waals surface area contributed by atoms with E-state index in [9.17, 15) is 0 Å². The van der Waals surface area contributed by atoms with Crippen LogP contribution in [-0.4, -0.2) is 15.7 Å². The fourth-order valence-corrected chi connectivity index (χ4v) is 3.19. The number of hydrogen-bond acceptors (Lipinski definition) is 2. The molecule has 2 rings (SSSR count). The van der Waals surface area contributed by atoms with Gasteiger partial charge in [-0.15, -0.1) is 11.8 Å². The van der Waals surface area contributed by atoms with E-state index in [1.54, 1.807) is 11.9 Å². The topological polar surface area (TPSA) is 28.7 Å². The summed E-state index contributed by atoms with van der Waals surface area (Å²) in [5.74, 6) is 2.50. The van der Waals surface area contributed by atoms with Crippen molar-refractivity contribution >= 4 is 11.8 Å². The molecule has 1 aliphatic heterocycles. The number of rotatable bonds is 3. The van der Waals surface area contributed by atoms with Crippen LogP contribution in [0.3, 0.4) is 0 Å². The van der Waals surface area contributed by atoms with Crippen LogP contribution in [0.5, 0.6) is 0 Å². The Kier molecular flexibility index (Phi) is 2.96. The first-order valence-electron chi connectivity index (χ1n) is 5.12. The lowest BCUT2D eigenvalue weighted by Gasteiger charge is -2.18. The number of hydrogen-bond donors (Lipinski definition) is 1. The van der Waals surface area contributed by atoms with E-state index in [1.165, 1.54) is 11.4 Å². The molecule has 76 valence electrons. The molecule has 1 N–H and O–H groups in total. The fourth-order valence-electron chi connectivity index (χ4n) is 2.02. The van der Waals surface area contributed by atoms with Crippen LogP contribution in [0, 0.1) is 5.92 Å². The molecule has 0 aromatic carbocycles. The molecule has 0 saturated heterocycles. The van der Waals surface area contributed by atoms with Crippen LogP contribution < -0.4 is 0 Å². The summed E-state index contributed by atoms with van der Waals surface area (Å²) >= 11 is 1.93. The van der Waals surface area contributed by atoms with Gasteiger partial charge in [0.25, 0.3) is 0 Å². The highest BCUT2D eigenvalue weighted by atomic mass is 32.2. The summed E-state index contributed by atoms with van der Waals surface area (Å²) in [7, 11) is 0. The summed E-state index contributed by atoms with van der Waals surface area (Å²) < 4.78 is 0. The number of nitrogens with zero attached hydrogens (tertiary/aromatic N) is 1. The van der Waals surface area contributed by atoms with Crippen LogP contribution in [-0.2, 0) is 0 Å². The van der Waals surface area contributed by atoms with Crippen molar-refractivity contribution in [2.45, 2.75) is 26.2 Å². The lowest BCUT2D eigenvalue weighted by Crippen LogP contribution is -2.07. The third-order valence-electron chi connectivity index (χ3n) is 2.84. The summed E-state index contributed by atoms with van der Waals surface area (Å²) in [5.41, 5.74) is 2.83. The van der Waals surface area contributed by atoms with Crippen molar-refractivity contribution in [2.24, 2.45) is 5.92 Å². The third kappa shape index (κ3) is 1.73. The highest BCUT2D eigenvalue weighted by Gasteiger charge is 2.24. The molecule has 0 fully saturated rings. The maximum atomic E-state index is 4.10. The van der Waals surface area contributed by atoms with Crippen LogP contribution in [0.4, 0.5) is 0 Å². The lowest BCUT2D eigenvalue weighted by atomic mass is 9.87. The Balaban J connectivity index is 2.22. The minimum atomic E-state index is 0.544. The summed E-state index contributed by atoms with van der Waals surface area (Å²) in [6, 6.07) is 0. The molecule has 0 saturated carbocycles. The first-order chi connectivity index (χ1) is 6.83. The zero-order chi connectivity index (χ0) is 9.97. The minimum absolute atomic E-state index is 0.544. The number of aromatic nitrogens is 2. The molecule has 0 aliphatic carbocycles. The SMILES string of the molecule is CCC(C1=CSCC1C)c1cnc[nH]1. The maximum absolute atomic E-state index is 4.10. The standard InChI is InChI=1S/C11H16N2S/c1-3-9(11-4-12-7-13-11)10-6-14-5-8(10)2/h4,6-9H,3,5H2,1-2H3,(H,12,13). The van der Waals surface area contributed by atoms with Gasteiger partial charge in [-0.25, -0.2) is 4.98 Å². The second-order valence-electron chi connectivity index (χ2n) is 3.82. The van der Waals surface area contributed by atoms with Gasteiger partial charge in [0, 0.05) is 23.6 Å². The predicted molar refractivity (Wildman–Crippen MR) is 61.3 cm³/mol. The van der Waals surface area contributed by atoms with Crippen molar-refractivity contribution in [3.63, 3.8) is 0 Å². The highest BCUT2D eigenvalue weighted by molar-refractivity contribution is 8.02. The van der Waals surface area contributed by atoms with Crippen molar-refractivity contribution in [1.29, 1.82) is 0 Å². The smallest absolute Gasteiger partial charge is 0.0921 e. The molecule has 0 bridgehead atoms. The number of nitrogens with one attached hydrogen (secondary N) is 1. The van der Waals surface area contributed by atoms with Gasteiger partial charge in [0.05, 0.1) is 6.33 Å². The lowest BCUT2D eigenvalue weighted by molar-refractivity contribution is 0.641. The molecule has 0 radical (unpaired) electrons. The summed E-state index contributed by atoms with van der Waals surface area (Å²) in [4.78, 5) is 7.32. The van der Waals surface area contributed by atoms with Gasteiger partial charge in [0.15, 0.2) is 0 Å². The number of allylic oxidation sites excluding steroid dienone is 1. The van der Waals surface area contributed by atoms with Crippen molar-refractivity contribution in [3.05, 3.63) is 29.2 Å². The van der Waals surface area contributed by atoms with Crippen molar-refractivity contribution in [1.82, 2.24) is 9.97 Å². The third-order valence-corrected chi connectivity index (χ3v) is 3.97. The van der Waals surface area contributed by atoms with Gasteiger partial charge < -0.3 is 4.98 Å². The van der Waals surface area contributed by atoms with Crippen molar-refractivity contribution in [3.8, 4) is 0 Å². The average Bonchev–Trinajstić information content (AvgIpc) is 2.80. The minimum Gasteiger partial charge on any atom is -0.348 e. The van der Waals surface area contributed by atoms with E-state index < -0.39 is 0 Å². The fraction of sp³-hybridized carbons (Fsp3) is 0.545. The monoisotopic (exact) mass is 208 g/mol. The Morgan fingerprint density at radius 2 is 2.57 bits per heavy atom. The Labute approximate surface area is 89.2 Å². The molecule has 2 unspecified atom stereocenters. The van der Waals surface area contributed by atoms with E-state index in [2.05, 4.69) is 29.2 Å². The Bertz CT molecular complexity index is 316. The van der Waals surface area contributed by atoms with Crippen molar-refractivity contribution in [2.75, 3.05) is 5.75 Å². The molecular weight excluding hydrogens is 192 g/mol. The second-order valence-corrected chi connectivity index (χ2v) is 4.72. The van der Waals surface area contributed by atoms with E-state index >= 15 is 0 Å². The van der Waals surface area contributed by atoms with Gasteiger partial charge in [-0.05, 0) is 17.7 Å². The Morgan fingerprint density at radius 1 is 1.71 bits per heavy atom. The average molecular weight is 208 g/mol. The quantitative estimate of drug-likeness (QED) is 0.826. The molecule has 3 heteroatoms. The van der Waals surface area contributed by atoms with E-state index in [0.717, 1.165) is 6.42 Å². The van der Waals surface area contributed by atoms with Crippen LogP contribution >= 0.6 is 11.8 Å². The molecule has 1 aliphatic rings. The summed E-state index contributed by atoms with van der Waals surface area (Å²) in [6.45, 7) is 4.55. The largest absolute Gasteiger partial charge is 0.348 e. The van der Waals surface area contributed by atoms with Crippen LogP contribution in [0.15, 0.2) is 23.5 Å². The van der Waals surface area contributed by atoms with E-state index in [-0.39, 0.29) is 0 Å². The zero-order valence-electron chi connectivity index (χ0n) is 8.66.